The van der Waals surface area contributed by atoms with E-state index in [0.717, 1.165) is 32.7 Å². The Morgan fingerprint density at radius 3 is 1.55 bits per heavy atom. The molecule has 3 nitrogen and oxygen atoms in total. The summed E-state index contributed by atoms with van der Waals surface area (Å²) in [4.78, 5) is 10.7. The molecule has 0 saturated heterocycles. The van der Waals surface area contributed by atoms with Gasteiger partial charge in [0.25, 0.3) is 0 Å². The number of rotatable bonds is 1. The van der Waals surface area contributed by atoms with Crippen molar-refractivity contribution in [1.29, 1.82) is 0 Å². The molecule has 0 atom stereocenters. The van der Waals surface area contributed by atoms with E-state index < -0.39 is 0 Å². The number of aromatic hydroxyl groups is 2. The minimum Gasteiger partial charge on any atom is -0.507 e. The topological polar surface area (TPSA) is 57.5 Å². The van der Waals surface area contributed by atoms with Gasteiger partial charge in [0.15, 0.2) is 6.29 Å². The Balaban J connectivity index is 0.000000166. The molecule has 4 rings (SSSR count). The van der Waals surface area contributed by atoms with E-state index in [2.05, 4.69) is 26.0 Å². The average Bonchev–Trinajstić information content (AvgIpc) is 2.69. The fourth-order valence-corrected chi connectivity index (χ4v) is 3.38. The van der Waals surface area contributed by atoms with Crippen LogP contribution in [0.1, 0.15) is 38.2 Å². The first kappa shape index (κ1) is 20.4. The number of hydrogen-bond donors (Lipinski definition) is 2. The van der Waals surface area contributed by atoms with Crippen LogP contribution < -0.4 is 0 Å². The molecule has 4 aromatic rings. The van der Waals surface area contributed by atoms with Crippen LogP contribution >= 0.6 is 0 Å². The molecular weight excluding hydrogens is 360 g/mol. The third kappa shape index (κ3) is 3.95. The van der Waals surface area contributed by atoms with Gasteiger partial charge in [-0.15, -0.1) is 0 Å². The molecule has 0 aliphatic carbocycles. The molecule has 2 N–H and O–H groups in total. The first-order valence-corrected chi connectivity index (χ1v) is 9.60. The largest absolute Gasteiger partial charge is 0.507 e. The molecular formula is C26H26O3. The second-order valence-electron chi connectivity index (χ2n) is 7.67. The number of fused-ring (bicyclic) bond motifs is 2. The van der Waals surface area contributed by atoms with Crippen molar-refractivity contribution >= 4 is 27.8 Å². The zero-order valence-corrected chi connectivity index (χ0v) is 17.5. The minimum absolute atomic E-state index is 0.0746. The van der Waals surface area contributed by atoms with E-state index in [1.165, 1.54) is 16.7 Å². The minimum atomic E-state index is 0.0746. The molecule has 0 aromatic heterocycles. The Morgan fingerprint density at radius 2 is 1.03 bits per heavy atom. The van der Waals surface area contributed by atoms with Crippen molar-refractivity contribution in [2.75, 3.05) is 0 Å². The summed E-state index contributed by atoms with van der Waals surface area (Å²) in [5, 5.41) is 23.5. The number of benzene rings is 4. The SMILES string of the molecule is Cc1cc2ccc(C)c(O)c2cc1C.Cc1cc2ccc(C=O)c(O)c2cc1C. The number of carbonyl (C=O) groups excluding carboxylic acids is 1. The lowest BCUT2D eigenvalue weighted by atomic mass is 10.0. The van der Waals surface area contributed by atoms with Crippen LogP contribution in [0.4, 0.5) is 0 Å². The summed E-state index contributed by atoms with van der Waals surface area (Å²) in [6.07, 6.45) is 0.671. The van der Waals surface area contributed by atoms with E-state index in [-0.39, 0.29) is 5.75 Å². The Bertz CT molecular complexity index is 1240. The molecule has 0 fully saturated rings. The van der Waals surface area contributed by atoms with Crippen molar-refractivity contribution in [3.8, 4) is 11.5 Å². The number of phenolic OH excluding ortho intramolecular Hbond substituents is 2. The lowest BCUT2D eigenvalue weighted by Crippen LogP contribution is -1.86. The smallest absolute Gasteiger partial charge is 0.153 e. The fourth-order valence-electron chi connectivity index (χ4n) is 3.38. The summed E-state index contributed by atoms with van der Waals surface area (Å²) >= 11 is 0. The summed E-state index contributed by atoms with van der Waals surface area (Å²) in [6.45, 7) is 10.1. The van der Waals surface area contributed by atoms with Gasteiger partial charge >= 0.3 is 0 Å². The summed E-state index contributed by atoms with van der Waals surface area (Å²) in [5.74, 6) is 0.483. The van der Waals surface area contributed by atoms with Gasteiger partial charge in [0, 0.05) is 10.8 Å². The predicted molar refractivity (Wildman–Crippen MR) is 120 cm³/mol. The summed E-state index contributed by atoms with van der Waals surface area (Å²) in [6, 6.07) is 15.6. The van der Waals surface area contributed by atoms with Gasteiger partial charge in [-0.05, 0) is 91.4 Å². The van der Waals surface area contributed by atoms with E-state index in [1.807, 2.05) is 51.1 Å². The summed E-state index contributed by atoms with van der Waals surface area (Å²) < 4.78 is 0. The van der Waals surface area contributed by atoms with E-state index in [4.69, 9.17) is 0 Å². The van der Waals surface area contributed by atoms with Crippen molar-refractivity contribution in [3.05, 3.63) is 81.9 Å². The molecule has 29 heavy (non-hydrogen) atoms. The molecule has 4 aromatic carbocycles. The number of carbonyl (C=O) groups is 1. The molecule has 0 heterocycles. The molecule has 0 spiro atoms. The second kappa shape index (κ2) is 7.96. The van der Waals surface area contributed by atoms with Gasteiger partial charge in [-0.3, -0.25) is 4.79 Å². The standard InChI is InChI=1S/C13H12O2.C13H14O/c1-8-5-10-3-4-11(7-14)13(15)12(10)6-9(8)2;1-8-4-5-11-6-9(2)10(3)7-12(11)13(8)14/h3-7,15H,1-2H3;4-7,14H,1-3H3. The number of hydrogen-bond acceptors (Lipinski definition) is 3. The summed E-state index contributed by atoms with van der Waals surface area (Å²) in [7, 11) is 0. The van der Waals surface area contributed by atoms with Gasteiger partial charge in [0.1, 0.15) is 11.5 Å². The molecule has 0 radical (unpaired) electrons. The molecule has 0 amide bonds. The van der Waals surface area contributed by atoms with Crippen molar-refractivity contribution in [2.45, 2.75) is 34.6 Å². The Morgan fingerprint density at radius 1 is 0.586 bits per heavy atom. The van der Waals surface area contributed by atoms with Gasteiger partial charge < -0.3 is 10.2 Å². The van der Waals surface area contributed by atoms with E-state index in [0.29, 0.717) is 17.6 Å². The first-order chi connectivity index (χ1) is 13.7. The monoisotopic (exact) mass is 386 g/mol. The highest BCUT2D eigenvalue weighted by Gasteiger charge is 2.07. The molecule has 0 unspecified atom stereocenters. The number of aldehydes is 1. The van der Waals surface area contributed by atoms with Crippen LogP contribution in [0.25, 0.3) is 21.5 Å². The fraction of sp³-hybridized carbons (Fsp3) is 0.192. The van der Waals surface area contributed by atoms with E-state index >= 15 is 0 Å². The third-order valence-corrected chi connectivity index (χ3v) is 5.57. The maximum absolute atomic E-state index is 10.7. The van der Waals surface area contributed by atoms with Gasteiger partial charge in [0.2, 0.25) is 0 Å². The maximum atomic E-state index is 10.7. The van der Waals surface area contributed by atoms with Crippen molar-refractivity contribution < 1.29 is 15.0 Å². The lowest BCUT2D eigenvalue weighted by molar-refractivity contribution is 0.112. The Kier molecular flexibility index (Phi) is 5.60. The van der Waals surface area contributed by atoms with Crippen LogP contribution in [-0.2, 0) is 0 Å². The normalized spacial score (nSPS) is 10.7. The Labute approximate surface area is 171 Å². The maximum Gasteiger partial charge on any atom is 0.153 e. The van der Waals surface area contributed by atoms with Crippen molar-refractivity contribution in [1.82, 2.24) is 0 Å². The van der Waals surface area contributed by atoms with Crippen molar-refractivity contribution in [3.63, 3.8) is 0 Å². The van der Waals surface area contributed by atoms with E-state index in [9.17, 15) is 15.0 Å². The molecule has 0 bridgehead atoms. The molecule has 0 aliphatic rings. The van der Waals surface area contributed by atoms with Gasteiger partial charge in [-0.25, -0.2) is 0 Å². The molecule has 0 aliphatic heterocycles. The van der Waals surface area contributed by atoms with Gasteiger partial charge in [-0.1, -0.05) is 30.3 Å². The van der Waals surface area contributed by atoms with Crippen LogP contribution in [0, 0.1) is 34.6 Å². The first-order valence-electron chi connectivity index (χ1n) is 9.60. The molecule has 0 saturated carbocycles. The quantitative estimate of drug-likeness (QED) is 0.370. The van der Waals surface area contributed by atoms with Gasteiger partial charge in [0.05, 0.1) is 5.56 Å². The molecule has 148 valence electrons. The van der Waals surface area contributed by atoms with Crippen molar-refractivity contribution in [2.24, 2.45) is 0 Å². The zero-order valence-electron chi connectivity index (χ0n) is 17.5. The van der Waals surface area contributed by atoms with Crippen LogP contribution in [0.3, 0.4) is 0 Å². The number of phenols is 2. The van der Waals surface area contributed by atoms with Crippen LogP contribution in [0.15, 0.2) is 48.5 Å². The highest BCUT2D eigenvalue weighted by atomic mass is 16.3. The zero-order chi connectivity index (χ0) is 21.3. The lowest BCUT2D eigenvalue weighted by Gasteiger charge is -2.07. The average molecular weight is 386 g/mol. The highest BCUT2D eigenvalue weighted by Crippen LogP contribution is 2.31. The second-order valence-corrected chi connectivity index (χ2v) is 7.67. The molecule has 3 heteroatoms. The Hall–Kier alpha value is -3.33. The third-order valence-electron chi connectivity index (χ3n) is 5.57. The van der Waals surface area contributed by atoms with Gasteiger partial charge in [-0.2, -0.15) is 0 Å². The van der Waals surface area contributed by atoms with E-state index in [1.54, 1.807) is 6.07 Å². The summed E-state index contributed by atoms with van der Waals surface area (Å²) in [5.41, 5.74) is 6.05. The van der Waals surface area contributed by atoms with Crippen LogP contribution in [0.2, 0.25) is 0 Å². The van der Waals surface area contributed by atoms with Crippen LogP contribution in [0.5, 0.6) is 11.5 Å². The number of aryl methyl sites for hydroxylation is 5. The highest BCUT2D eigenvalue weighted by molar-refractivity contribution is 5.96. The van der Waals surface area contributed by atoms with Crippen LogP contribution in [-0.4, -0.2) is 16.5 Å². The predicted octanol–water partition coefficient (Wildman–Crippen LogP) is 6.45.